The monoisotopic (exact) mass is 207 g/mol. The molecule has 3 atom stereocenters. The van der Waals surface area contributed by atoms with E-state index in [1.807, 2.05) is 6.92 Å². The topological polar surface area (TPSA) is 53.0 Å². The summed E-state index contributed by atoms with van der Waals surface area (Å²) in [6.07, 6.45) is 2.52. The minimum atomic E-state index is 0.213. The maximum Gasteiger partial charge on any atom is 0.0675 e. The van der Waals surface area contributed by atoms with Crippen molar-refractivity contribution in [3.8, 4) is 6.07 Å². The van der Waals surface area contributed by atoms with Gasteiger partial charge in [0.05, 0.1) is 12.0 Å². The van der Waals surface area contributed by atoms with E-state index in [4.69, 9.17) is 5.73 Å². The number of nitrogens with two attached hydrogens (primary N) is 1. The Morgan fingerprint density at radius 3 is 2.67 bits per heavy atom. The summed E-state index contributed by atoms with van der Waals surface area (Å²) >= 11 is 0. The molecular formula is C12H21N3. The molecule has 0 aromatic rings. The number of nitrogens with zero attached hydrogens (tertiary/aromatic N) is 2. The summed E-state index contributed by atoms with van der Waals surface area (Å²) in [5, 5.41) is 9.23. The van der Waals surface area contributed by atoms with Crippen molar-refractivity contribution >= 4 is 0 Å². The van der Waals surface area contributed by atoms with Crippen LogP contribution in [0.1, 0.15) is 26.7 Å². The third kappa shape index (κ3) is 1.89. The lowest BCUT2D eigenvalue weighted by Crippen LogP contribution is -2.49. The maximum absolute atomic E-state index is 9.23. The summed E-state index contributed by atoms with van der Waals surface area (Å²) in [5.74, 6) is 0.898. The molecule has 84 valence electrons. The molecule has 15 heavy (non-hydrogen) atoms. The number of rotatable bonds is 2. The minimum absolute atomic E-state index is 0.213. The molecule has 1 aliphatic heterocycles. The van der Waals surface area contributed by atoms with E-state index in [0.29, 0.717) is 11.3 Å². The van der Waals surface area contributed by atoms with Crippen LogP contribution in [0, 0.1) is 28.6 Å². The predicted octanol–water partition coefficient (Wildman–Crippen LogP) is 1.21. The highest BCUT2D eigenvalue weighted by Gasteiger charge is 2.56. The lowest BCUT2D eigenvalue weighted by molar-refractivity contribution is 0.0760. The highest BCUT2D eigenvalue weighted by Crippen LogP contribution is 2.59. The van der Waals surface area contributed by atoms with Gasteiger partial charge >= 0.3 is 0 Å². The standard InChI is InChI=1S/C12H21N3/c1-9-6-15(7-10(2)14)8-11(5-13)12(9)3-4-12/h9-11H,3-4,6-8,14H2,1-2H3. The van der Waals surface area contributed by atoms with Gasteiger partial charge < -0.3 is 10.6 Å². The van der Waals surface area contributed by atoms with Crippen LogP contribution in [-0.4, -0.2) is 30.6 Å². The lowest BCUT2D eigenvalue weighted by atomic mass is 9.76. The summed E-state index contributed by atoms with van der Waals surface area (Å²) in [7, 11) is 0. The van der Waals surface area contributed by atoms with E-state index in [1.54, 1.807) is 0 Å². The highest BCUT2D eigenvalue weighted by molar-refractivity contribution is 5.12. The van der Waals surface area contributed by atoms with Crippen molar-refractivity contribution < 1.29 is 0 Å². The average molecular weight is 207 g/mol. The van der Waals surface area contributed by atoms with Crippen LogP contribution in [-0.2, 0) is 0 Å². The quantitative estimate of drug-likeness (QED) is 0.740. The Morgan fingerprint density at radius 1 is 1.53 bits per heavy atom. The number of likely N-dealkylation sites (tertiary alicyclic amines) is 1. The van der Waals surface area contributed by atoms with Gasteiger partial charge in [-0.15, -0.1) is 0 Å². The van der Waals surface area contributed by atoms with Crippen LogP contribution >= 0.6 is 0 Å². The maximum atomic E-state index is 9.23. The summed E-state index contributed by atoms with van der Waals surface area (Å²) in [5.41, 5.74) is 6.19. The second-order valence-corrected chi connectivity index (χ2v) is 5.51. The van der Waals surface area contributed by atoms with E-state index >= 15 is 0 Å². The van der Waals surface area contributed by atoms with Gasteiger partial charge in [0.2, 0.25) is 0 Å². The number of piperidine rings is 1. The fourth-order valence-corrected chi connectivity index (χ4v) is 3.14. The Balaban J connectivity index is 2.02. The molecule has 1 heterocycles. The summed E-state index contributed by atoms with van der Waals surface area (Å²) < 4.78 is 0. The van der Waals surface area contributed by atoms with Gasteiger partial charge in [-0.05, 0) is 31.1 Å². The first kappa shape index (κ1) is 10.9. The van der Waals surface area contributed by atoms with Crippen LogP contribution in [0.2, 0.25) is 0 Å². The van der Waals surface area contributed by atoms with Crippen molar-refractivity contribution in [3.05, 3.63) is 0 Å². The fraction of sp³-hybridized carbons (Fsp3) is 0.917. The van der Waals surface area contributed by atoms with Crippen molar-refractivity contribution in [2.24, 2.45) is 23.0 Å². The zero-order valence-electron chi connectivity index (χ0n) is 9.74. The molecule has 2 N–H and O–H groups in total. The SMILES string of the molecule is CC(N)CN1CC(C)C2(CC2)C(C#N)C1. The number of hydrogen-bond donors (Lipinski definition) is 1. The van der Waals surface area contributed by atoms with Gasteiger partial charge in [-0.25, -0.2) is 0 Å². The molecule has 2 rings (SSSR count). The van der Waals surface area contributed by atoms with E-state index < -0.39 is 0 Å². The van der Waals surface area contributed by atoms with Crippen LogP contribution < -0.4 is 5.73 Å². The van der Waals surface area contributed by atoms with Crippen molar-refractivity contribution in [1.82, 2.24) is 4.90 Å². The molecule has 0 aromatic heterocycles. The second-order valence-electron chi connectivity index (χ2n) is 5.51. The van der Waals surface area contributed by atoms with E-state index in [1.165, 1.54) is 12.8 Å². The first-order valence-electron chi connectivity index (χ1n) is 5.96. The Hall–Kier alpha value is -0.590. The molecule has 0 radical (unpaired) electrons. The van der Waals surface area contributed by atoms with Crippen molar-refractivity contribution in [2.75, 3.05) is 19.6 Å². The van der Waals surface area contributed by atoms with Gasteiger partial charge in [0.1, 0.15) is 0 Å². The summed E-state index contributed by atoms with van der Waals surface area (Å²) in [4.78, 5) is 2.37. The molecule has 3 nitrogen and oxygen atoms in total. The van der Waals surface area contributed by atoms with Crippen LogP contribution in [0.3, 0.4) is 0 Å². The summed E-state index contributed by atoms with van der Waals surface area (Å²) in [6.45, 7) is 7.32. The zero-order valence-corrected chi connectivity index (χ0v) is 9.74. The normalized spacial score (nSPS) is 36.1. The fourth-order valence-electron chi connectivity index (χ4n) is 3.14. The number of hydrogen-bond acceptors (Lipinski definition) is 3. The molecule has 2 fully saturated rings. The molecule has 1 saturated heterocycles. The van der Waals surface area contributed by atoms with Crippen molar-refractivity contribution in [1.29, 1.82) is 5.26 Å². The van der Waals surface area contributed by atoms with Crippen LogP contribution in [0.5, 0.6) is 0 Å². The highest BCUT2D eigenvalue weighted by atomic mass is 15.2. The molecule has 1 aliphatic carbocycles. The Bertz CT molecular complexity index is 275. The zero-order chi connectivity index (χ0) is 11.1. The van der Waals surface area contributed by atoms with Gasteiger partial charge in [0.15, 0.2) is 0 Å². The Labute approximate surface area is 92.2 Å². The van der Waals surface area contributed by atoms with E-state index in [9.17, 15) is 5.26 Å². The predicted molar refractivity (Wildman–Crippen MR) is 60.0 cm³/mol. The summed E-state index contributed by atoms with van der Waals surface area (Å²) in [6, 6.07) is 2.72. The Morgan fingerprint density at radius 2 is 2.20 bits per heavy atom. The Kier molecular flexibility index (Phi) is 2.74. The largest absolute Gasteiger partial charge is 0.327 e. The first-order chi connectivity index (χ1) is 7.08. The molecule has 1 spiro atoms. The molecule has 1 saturated carbocycles. The van der Waals surface area contributed by atoms with Gasteiger partial charge in [0.25, 0.3) is 0 Å². The molecule has 0 amide bonds. The molecule has 3 heteroatoms. The van der Waals surface area contributed by atoms with Gasteiger partial charge in [-0.2, -0.15) is 5.26 Å². The smallest absolute Gasteiger partial charge is 0.0675 e. The molecule has 3 unspecified atom stereocenters. The van der Waals surface area contributed by atoms with Gasteiger partial charge in [-0.3, -0.25) is 0 Å². The van der Waals surface area contributed by atoms with Crippen molar-refractivity contribution in [2.45, 2.75) is 32.7 Å². The third-order valence-electron chi connectivity index (χ3n) is 4.18. The van der Waals surface area contributed by atoms with E-state index in [0.717, 1.165) is 19.6 Å². The van der Waals surface area contributed by atoms with Crippen LogP contribution in [0.25, 0.3) is 0 Å². The second kappa shape index (κ2) is 3.77. The molecule has 2 aliphatic rings. The van der Waals surface area contributed by atoms with E-state index in [2.05, 4.69) is 17.9 Å². The third-order valence-corrected chi connectivity index (χ3v) is 4.18. The molecule has 0 bridgehead atoms. The average Bonchev–Trinajstić information content (AvgIpc) is 2.92. The lowest BCUT2D eigenvalue weighted by Gasteiger charge is -2.41. The van der Waals surface area contributed by atoms with E-state index in [-0.39, 0.29) is 12.0 Å². The number of nitriles is 1. The van der Waals surface area contributed by atoms with Crippen molar-refractivity contribution in [3.63, 3.8) is 0 Å². The minimum Gasteiger partial charge on any atom is -0.327 e. The van der Waals surface area contributed by atoms with Crippen LogP contribution in [0.15, 0.2) is 0 Å². The first-order valence-corrected chi connectivity index (χ1v) is 5.96. The van der Waals surface area contributed by atoms with Gasteiger partial charge in [0, 0.05) is 25.7 Å². The van der Waals surface area contributed by atoms with Crippen LogP contribution in [0.4, 0.5) is 0 Å². The molecule has 0 aromatic carbocycles. The van der Waals surface area contributed by atoms with Gasteiger partial charge in [-0.1, -0.05) is 6.92 Å². The molecular weight excluding hydrogens is 186 g/mol.